The molecule has 0 aromatic heterocycles. The molecule has 0 aliphatic heterocycles. The summed E-state index contributed by atoms with van der Waals surface area (Å²) in [5, 5.41) is 7.93. The van der Waals surface area contributed by atoms with Gasteiger partial charge in [0, 0.05) is 26.1 Å². The van der Waals surface area contributed by atoms with Crippen molar-refractivity contribution in [3.63, 3.8) is 0 Å². The quantitative estimate of drug-likeness (QED) is 0.0435. The molecule has 38 heavy (non-hydrogen) atoms. The van der Waals surface area contributed by atoms with Gasteiger partial charge in [-0.2, -0.15) is 12.6 Å². The van der Waals surface area contributed by atoms with Gasteiger partial charge >= 0.3 is 0 Å². The summed E-state index contributed by atoms with van der Waals surface area (Å²) in [5.74, 6) is -0.0420. The molecular formula is C23H46BN3O10S. The zero-order valence-electron chi connectivity index (χ0n) is 22.5. The number of carbonyl (C=O) groups is 2. The lowest BCUT2D eigenvalue weighted by Gasteiger charge is -2.09. The van der Waals surface area contributed by atoms with Crippen LogP contribution in [-0.4, -0.2) is 151 Å². The molecule has 0 bridgehead atoms. The van der Waals surface area contributed by atoms with Crippen molar-refractivity contribution in [2.45, 2.75) is 6.42 Å². The third-order valence-corrected chi connectivity index (χ3v) is 4.66. The van der Waals surface area contributed by atoms with E-state index in [0.717, 1.165) is 0 Å². The summed E-state index contributed by atoms with van der Waals surface area (Å²) in [6.45, 7) is 8.79. The molecule has 222 valence electrons. The number of amides is 2. The Morgan fingerprint density at radius 2 is 0.789 bits per heavy atom. The van der Waals surface area contributed by atoms with E-state index < -0.39 is 0 Å². The number of hydrogen-bond donors (Lipinski definition) is 4. The van der Waals surface area contributed by atoms with Crippen molar-refractivity contribution in [3.8, 4) is 0 Å². The zero-order chi connectivity index (χ0) is 27.8. The normalized spacial score (nSPS) is 11.1. The highest BCUT2D eigenvalue weighted by Crippen LogP contribution is 1.87. The van der Waals surface area contributed by atoms with E-state index in [2.05, 4.69) is 28.5 Å². The molecule has 0 saturated carbocycles. The number of ether oxygens (including phenoxy) is 8. The van der Waals surface area contributed by atoms with Gasteiger partial charge in [0.1, 0.15) is 0 Å². The second-order valence-electron chi connectivity index (χ2n) is 7.46. The average Bonchev–Trinajstić information content (AvgIpc) is 2.92. The highest BCUT2D eigenvalue weighted by atomic mass is 32.1. The van der Waals surface area contributed by atoms with Gasteiger partial charge in [-0.25, -0.2) is 0 Å². The maximum absolute atomic E-state index is 11.8. The van der Waals surface area contributed by atoms with Gasteiger partial charge in [0.25, 0.3) is 0 Å². The number of nitrogens with one attached hydrogen (secondary N) is 3. The van der Waals surface area contributed by atoms with Crippen LogP contribution in [0.1, 0.15) is 6.42 Å². The van der Waals surface area contributed by atoms with Crippen molar-refractivity contribution in [2.24, 2.45) is 0 Å². The molecule has 0 aromatic carbocycles. The van der Waals surface area contributed by atoms with E-state index in [1.54, 1.807) is 0 Å². The van der Waals surface area contributed by atoms with Crippen LogP contribution in [0.25, 0.3) is 0 Å². The Balaban J connectivity index is 3.16. The highest BCUT2D eigenvalue weighted by Gasteiger charge is 2.01. The smallest absolute Gasteiger partial charge is 0.229 e. The lowest BCUT2D eigenvalue weighted by Crippen LogP contribution is -2.28. The predicted molar refractivity (Wildman–Crippen MR) is 145 cm³/mol. The second kappa shape index (κ2) is 32.2. The molecule has 0 atom stereocenters. The van der Waals surface area contributed by atoms with Crippen molar-refractivity contribution in [1.29, 1.82) is 0 Å². The number of rotatable bonds is 31. The SMILES string of the molecule is [B]NCCOCCOCCOCCOCCNC(=O)CCOCCOCCOCCOCCNC(=O)CS. The minimum atomic E-state index is -0.119. The Kier molecular flexibility index (Phi) is 31.4. The average molecular weight is 568 g/mol. The molecule has 0 spiro atoms. The van der Waals surface area contributed by atoms with Crippen LogP contribution in [0.5, 0.6) is 0 Å². The van der Waals surface area contributed by atoms with Gasteiger partial charge in [-0.05, 0) is 0 Å². The topological polar surface area (TPSA) is 144 Å². The van der Waals surface area contributed by atoms with E-state index in [0.29, 0.717) is 125 Å². The molecular weight excluding hydrogens is 521 g/mol. The standard InChI is InChI=1S/C23H46BN3O10S/c24-27-4-8-33-12-16-37-20-19-35-14-10-31-6-2-25-22(28)1-5-30-9-13-34-17-18-36-15-11-32-7-3-26-23(29)21-38/h27,38H,1-21H2,(H,25,28)(H,26,29). The lowest BCUT2D eigenvalue weighted by atomic mass is 10.4. The molecule has 3 N–H and O–H groups in total. The molecule has 15 heteroatoms. The first-order chi connectivity index (χ1) is 18.7. The van der Waals surface area contributed by atoms with Gasteiger partial charge in [-0.1, -0.05) is 0 Å². The Labute approximate surface area is 233 Å². The van der Waals surface area contributed by atoms with Crippen molar-refractivity contribution in [2.75, 3.05) is 131 Å². The van der Waals surface area contributed by atoms with Gasteiger partial charge in [0.2, 0.25) is 11.8 Å². The van der Waals surface area contributed by atoms with Gasteiger partial charge in [0.05, 0.1) is 111 Å². The largest absolute Gasteiger partial charge is 0.379 e. The van der Waals surface area contributed by atoms with Gasteiger partial charge < -0.3 is 53.8 Å². The van der Waals surface area contributed by atoms with Crippen molar-refractivity contribution >= 4 is 32.4 Å². The summed E-state index contributed by atoms with van der Waals surface area (Å²) in [6, 6.07) is 0. The van der Waals surface area contributed by atoms with Gasteiger partial charge in [-0.15, -0.1) is 0 Å². The van der Waals surface area contributed by atoms with E-state index in [4.69, 9.17) is 45.9 Å². The third kappa shape index (κ3) is 31.2. The highest BCUT2D eigenvalue weighted by molar-refractivity contribution is 7.81. The molecule has 0 aromatic rings. The second-order valence-corrected chi connectivity index (χ2v) is 7.78. The number of carbonyl (C=O) groups excluding carboxylic acids is 2. The molecule has 0 aliphatic carbocycles. The fourth-order valence-electron chi connectivity index (χ4n) is 2.49. The van der Waals surface area contributed by atoms with Crippen molar-refractivity contribution in [1.82, 2.24) is 15.9 Å². The van der Waals surface area contributed by atoms with Crippen LogP contribution in [0.4, 0.5) is 0 Å². The summed E-state index contributed by atoms with van der Waals surface area (Å²) in [6.07, 6.45) is 0.277. The molecule has 13 nitrogen and oxygen atoms in total. The number of thiol groups is 1. The third-order valence-electron chi connectivity index (χ3n) is 4.38. The van der Waals surface area contributed by atoms with Crippen LogP contribution >= 0.6 is 12.6 Å². The van der Waals surface area contributed by atoms with E-state index in [1.165, 1.54) is 0 Å². The van der Waals surface area contributed by atoms with Gasteiger partial charge in [-0.3, -0.25) is 9.59 Å². The fourth-order valence-corrected chi connectivity index (χ4v) is 2.60. The van der Waals surface area contributed by atoms with Crippen LogP contribution in [0.2, 0.25) is 0 Å². The van der Waals surface area contributed by atoms with Crippen LogP contribution in [0.15, 0.2) is 0 Å². The minimum absolute atomic E-state index is 0.0918. The molecule has 0 fully saturated rings. The Morgan fingerprint density at radius 1 is 0.474 bits per heavy atom. The van der Waals surface area contributed by atoms with Crippen molar-refractivity contribution in [3.05, 3.63) is 0 Å². The van der Waals surface area contributed by atoms with Crippen LogP contribution in [0, 0.1) is 0 Å². The predicted octanol–water partition coefficient (Wildman–Crippen LogP) is -1.66. The molecule has 0 heterocycles. The first-order valence-electron chi connectivity index (χ1n) is 12.9. The van der Waals surface area contributed by atoms with E-state index in [9.17, 15) is 9.59 Å². The molecule has 2 radical (unpaired) electrons. The summed E-state index contributed by atoms with van der Waals surface area (Å²) in [7, 11) is 5.13. The van der Waals surface area contributed by atoms with E-state index in [1.807, 2.05) is 0 Å². The first-order valence-corrected chi connectivity index (χ1v) is 13.5. The molecule has 2 amide bonds. The Hall–Kier alpha value is -1.01. The summed E-state index contributed by atoms with van der Waals surface area (Å²) in [4.78, 5) is 22.7. The maximum Gasteiger partial charge on any atom is 0.229 e. The summed E-state index contributed by atoms with van der Waals surface area (Å²) < 4.78 is 42.9. The maximum atomic E-state index is 11.8. The first kappa shape index (κ1) is 37.0. The van der Waals surface area contributed by atoms with E-state index in [-0.39, 0.29) is 24.0 Å². The monoisotopic (exact) mass is 567 g/mol. The minimum Gasteiger partial charge on any atom is -0.379 e. The molecule has 0 saturated heterocycles. The summed E-state index contributed by atoms with van der Waals surface area (Å²) in [5.41, 5.74) is 0. The molecule has 0 rings (SSSR count). The Bertz CT molecular complexity index is 530. The molecule has 0 unspecified atom stereocenters. The zero-order valence-corrected chi connectivity index (χ0v) is 23.4. The van der Waals surface area contributed by atoms with Crippen LogP contribution in [-0.2, 0) is 47.5 Å². The number of hydrogen-bond acceptors (Lipinski definition) is 12. The van der Waals surface area contributed by atoms with Crippen LogP contribution < -0.4 is 15.9 Å². The summed E-state index contributed by atoms with van der Waals surface area (Å²) >= 11 is 3.86. The van der Waals surface area contributed by atoms with Gasteiger partial charge in [0.15, 0.2) is 7.98 Å². The van der Waals surface area contributed by atoms with Crippen LogP contribution in [0.3, 0.4) is 0 Å². The fraction of sp³-hybridized carbons (Fsp3) is 0.913. The molecule has 0 aliphatic rings. The Morgan fingerprint density at radius 3 is 1.16 bits per heavy atom. The lowest BCUT2D eigenvalue weighted by molar-refractivity contribution is -0.122. The van der Waals surface area contributed by atoms with E-state index >= 15 is 0 Å². The van der Waals surface area contributed by atoms with Crippen molar-refractivity contribution < 1.29 is 47.5 Å².